The molecular formula is C36H42BBrF6N6O2. The number of hydrogen-bond acceptors (Lipinski definition) is 8. The Morgan fingerprint density at radius 1 is 0.673 bits per heavy atom. The monoisotopic (exact) mass is 794 g/mol. The molecular weight excluding hydrogens is 753 g/mol. The molecule has 280 valence electrons. The quantitative estimate of drug-likeness (QED) is 0.104. The predicted octanol–water partition coefficient (Wildman–Crippen LogP) is 8.62. The molecule has 4 aromatic rings. The van der Waals surface area contributed by atoms with E-state index in [2.05, 4.69) is 60.3 Å². The van der Waals surface area contributed by atoms with Crippen LogP contribution in [0.15, 0.2) is 65.4 Å². The first kappa shape index (κ1) is 41.0. The minimum atomic E-state index is -4.54. The van der Waals surface area contributed by atoms with E-state index in [1.54, 1.807) is 12.1 Å². The lowest BCUT2D eigenvalue weighted by molar-refractivity contribution is -0.145. The third-order valence-corrected chi connectivity index (χ3v) is 9.37. The Balaban J connectivity index is 0.000000188. The minimum Gasteiger partial charge on any atom is -0.423 e. The molecule has 8 nitrogen and oxygen atoms in total. The van der Waals surface area contributed by atoms with Gasteiger partial charge >= 0.3 is 19.5 Å². The lowest BCUT2D eigenvalue weighted by atomic mass is 9.80. The van der Waals surface area contributed by atoms with Crippen molar-refractivity contribution < 1.29 is 36.4 Å². The van der Waals surface area contributed by atoms with Gasteiger partial charge in [-0.05, 0) is 76.6 Å². The number of hydrogen-bond donors (Lipinski definition) is 4. The Hall–Kier alpha value is -3.76. The molecule has 6 rings (SSSR count). The molecule has 2 fully saturated rings. The Kier molecular flexibility index (Phi) is 14.9. The summed E-state index contributed by atoms with van der Waals surface area (Å²) in [5, 5.41) is 23.7. The summed E-state index contributed by atoms with van der Waals surface area (Å²) in [6.07, 6.45) is 3.49. The van der Waals surface area contributed by atoms with Gasteiger partial charge in [-0.2, -0.15) is 26.3 Å². The van der Waals surface area contributed by atoms with Gasteiger partial charge in [0.1, 0.15) is 11.6 Å². The van der Waals surface area contributed by atoms with Crippen molar-refractivity contribution in [3.63, 3.8) is 0 Å². The number of nitrogens with one attached hydrogen (secondary N) is 2. The summed E-state index contributed by atoms with van der Waals surface area (Å²) in [6.45, 7) is 4.12. The highest BCUT2D eigenvalue weighted by molar-refractivity contribution is 9.10. The van der Waals surface area contributed by atoms with Crippen molar-refractivity contribution in [1.82, 2.24) is 19.9 Å². The van der Waals surface area contributed by atoms with Crippen molar-refractivity contribution in [1.29, 1.82) is 0 Å². The number of benzene rings is 2. The number of halogens is 7. The van der Waals surface area contributed by atoms with E-state index >= 15 is 0 Å². The van der Waals surface area contributed by atoms with E-state index < -0.39 is 31.1 Å². The van der Waals surface area contributed by atoms with E-state index in [1.165, 1.54) is 17.3 Å². The maximum absolute atomic E-state index is 13.0. The normalized spacial score (nSPS) is 15.0. The van der Waals surface area contributed by atoms with Crippen LogP contribution in [0, 0.1) is 0 Å². The van der Waals surface area contributed by atoms with Crippen LogP contribution >= 0.6 is 15.9 Å². The fourth-order valence-electron chi connectivity index (χ4n) is 5.82. The van der Waals surface area contributed by atoms with Gasteiger partial charge in [-0.3, -0.25) is 0 Å². The fraction of sp³-hybridized carbons (Fsp3) is 0.444. The van der Waals surface area contributed by atoms with Crippen molar-refractivity contribution in [3.8, 4) is 11.1 Å². The number of aryl methyl sites for hydroxylation is 2. The molecule has 0 saturated heterocycles. The van der Waals surface area contributed by atoms with Crippen molar-refractivity contribution in [3.05, 3.63) is 88.2 Å². The van der Waals surface area contributed by atoms with Crippen LogP contribution in [0.25, 0.3) is 11.1 Å². The Labute approximate surface area is 308 Å². The molecule has 2 heterocycles. The van der Waals surface area contributed by atoms with Crippen LogP contribution in [0.1, 0.15) is 88.0 Å². The molecule has 0 atom stereocenters. The van der Waals surface area contributed by atoms with E-state index in [-0.39, 0.29) is 23.7 Å². The summed E-state index contributed by atoms with van der Waals surface area (Å²) in [5.41, 5.74) is 4.35. The van der Waals surface area contributed by atoms with Crippen molar-refractivity contribution in [2.45, 2.75) is 102 Å². The van der Waals surface area contributed by atoms with Crippen LogP contribution in [-0.4, -0.2) is 49.2 Å². The summed E-state index contributed by atoms with van der Waals surface area (Å²) in [5.74, 6) is -1.72. The van der Waals surface area contributed by atoms with Gasteiger partial charge in [0.05, 0.1) is 4.47 Å². The van der Waals surface area contributed by atoms with Crippen LogP contribution in [0.2, 0.25) is 0 Å². The molecule has 0 amide bonds. The average molecular weight is 795 g/mol. The summed E-state index contributed by atoms with van der Waals surface area (Å²) in [6, 6.07) is 15.4. The zero-order valence-corrected chi connectivity index (χ0v) is 30.5. The van der Waals surface area contributed by atoms with Gasteiger partial charge in [0.2, 0.25) is 11.6 Å². The smallest absolute Gasteiger partial charge is 0.423 e. The first-order chi connectivity index (χ1) is 24.7. The highest BCUT2D eigenvalue weighted by atomic mass is 79.9. The van der Waals surface area contributed by atoms with Crippen LogP contribution in [0.5, 0.6) is 0 Å². The summed E-state index contributed by atoms with van der Waals surface area (Å²) < 4.78 is 76.7. The van der Waals surface area contributed by atoms with Gasteiger partial charge in [0.15, 0.2) is 0 Å². The molecule has 52 heavy (non-hydrogen) atoms. The number of anilines is 2. The lowest BCUT2D eigenvalue weighted by Crippen LogP contribution is -2.29. The highest BCUT2D eigenvalue weighted by Gasteiger charge is 2.36. The first-order valence-corrected chi connectivity index (χ1v) is 18.1. The molecule has 2 aliphatic rings. The summed E-state index contributed by atoms with van der Waals surface area (Å²) >= 11 is 3.15. The van der Waals surface area contributed by atoms with Crippen molar-refractivity contribution in [2.24, 2.45) is 0 Å². The zero-order valence-electron chi connectivity index (χ0n) is 28.9. The van der Waals surface area contributed by atoms with Crippen LogP contribution in [0.3, 0.4) is 0 Å². The van der Waals surface area contributed by atoms with Crippen molar-refractivity contribution >= 4 is 40.1 Å². The highest BCUT2D eigenvalue weighted by Crippen LogP contribution is 2.34. The molecule has 2 aromatic carbocycles. The standard InChI is InChI=1S/C18H20F3N3.C10H11BrF3N3.C8H11BO2/c1-2-12-7-9-13(10-8-12)15-11-22-17(18(19,20)21)24-16(15)23-14-5-3-4-6-14;11-7-5-15-9(10(12,13)14)17-8(7)16-6-3-1-2-4-6;1-2-7-3-5-8(6-4-7)9(10)11/h7-11,14H,2-6H2,1H3,(H,22,23,24);5-6H,1-4H2,(H,15,16,17);3-6,10-11H,2H2,1H3. The summed E-state index contributed by atoms with van der Waals surface area (Å²) in [7, 11) is -1.35. The van der Waals surface area contributed by atoms with E-state index in [4.69, 9.17) is 10.0 Å². The number of nitrogens with zero attached hydrogens (tertiary/aromatic N) is 4. The van der Waals surface area contributed by atoms with Crippen LogP contribution in [-0.2, 0) is 25.2 Å². The molecule has 0 aliphatic heterocycles. The van der Waals surface area contributed by atoms with Gasteiger partial charge in [-0.25, -0.2) is 19.9 Å². The van der Waals surface area contributed by atoms with Gasteiger partial charge in [0, 0.05) is 30.0 Å². The molecule has 0 unspecified atom stereocenters. The maximum Gasteiger partial charge on any atom is 0.488 e. The first-order valence-electron chi connectivity index (χ1n) is 17.3. The second-order valence-electron chi connectivity index (χ2n) is 12.6. The van der Waals surface area contributed by atoms with Gasteiger partial charge in [-0.15, -0.1) is 0 Å². The molecule has 0 bridgehead atoms. The second-order valence-corrected chi connectivity index (χ2v) is 13.5. The molecule has 2 saturated carbocycles. The maximum atomic E-state index is 13.0. The number of rotatable bonds is 8. The molecule has 4 N–H and O–H groups in total. The van der Waals surface area contributed by atoms with Gasteiger partial charge < -0.3 is 20.7 Å². The van der Waals surface area contributed by atoms with Crippen molar-refractivity contribution in [2.75, 3.05) is 10.6 Å². The topological polar surface area (TPSA) is 116 Å². The fourth-order valence-corrected chi connectivity index (χ4v) is 6.12. The second kappa shape index (κ2) is 18.8. The summed E-state index contributed by atoms with van der Waals surface area (Å²) in [4.78, 5) is 14.1. The molecule has 2 aromatic heterocycles. The Morgan fingerprint density at radius 2 is 1.10 bits per heavy atom. The predicted molar refractivity (Wildman–Crippen MR) is 194 cm³/mol. The van der Waals surface area contributed by atoms with E-state index in [0.717, 1.165) is 76.0 Å². The van der Waals surface area contributed by atoms with Gasteiger partial charge in [0.25, 0.3) is 0 Å². The Bertz CT molecular complexity index is 1700. The lowest BCUT2D eigenvalue weighted by Gasteiger charge is -2.17. The third-order valence-electron chi connectivity index (χ3n) is 8.79. The Morgan fingerprint density at radius 3 is 1.54 bits per heavy atom. The third kappa shape index (κ3) is 12.2. The SMILES string of the molecule is CCc1ccc(-c2cnc(C(F)(F)F)nc2NC2CCCC2)cc1.CCc1ccc(B(O)O)cc1.FC(F)(F)c1ncc(Br)c(NC2CCCC2)n1. The molecule has 2 aliphatic carbocycles. The molecule has 0 radical (unpaired) electrons. The van der Waals surface area contributed by atoms with E-state index in [9.17, 15) is 26.3 Å². The molecule has 0 spiro atoms. The molecule has 16 heteroatoms. The van der Waals surface area contributed by atoms with E-state index in [1.807, 2.05) is 36.4 Å². The number of aromatic nitrogens is 4. The minimum absolute atomic E-state index is 0.176. The van der Waals surface area contributed by atoms with Crippen LogP contribution in [0.4, 0.5) is 38.0 Å². The number of alkyl halides is 6. The zero-order chi connectivity index (χ0) is 37.9. The van der Waals surface area contributed by atoms with E-state index in [0.29, 0.717) is 15.5 Å². The largest absolute Gasteiger partial charge is 0.488 e. The van der Waals surface area contributed by atoms with Gasteiger partial charge in [-0.1, -0.05) is 88.1 Å². The van der Waals surface area contributed by atoms with Crippen LogP contribution < -0.4 is 16.1 Å². The average Bonchev–Trinajstić information content (AvgIpc) is 3.84.